The Balaban J connectivity index is 2.15. The molecule has 6 heteroatoms. The molecule has 3 N–H and O–H groups in total. The summed E-state index contributed by atoms with van der Waals surface area (Å²) in [6.07, 6.45) is 2.82. The van der Waals surface area contributed by atoms with Crippen LogP contribution in [0.1, 0.15) is 12.8 Å². The highest BCUT2D eigenvalue weighted by Crippen LogP contribution is 2.23. The van der Waals surface area contributed by atoms with E-state index < -0.39 is 0 Å². The molecular weight excluding hydrogens is 272 g/mol. The molecule has 0 saturated carbocycles. The molecule has 0 atom stereocenters. The first kappa shape index (κ1) is 12.8. The lowest BCUT2D eigenvalue weighted by Gasteiger charge is -2.05. The summed E-state index contributed by atoms with van der Waals surface area (Å²) in [6.45, 7) is 0.662. The van der Waals surface area contributed by atoms with Crippen molar-refractivity contribution in [3.05, 3.63) is 35.2 Å². The van der Waals surface area contributed by atoms with Crippen LogP contribution in [0.25, 0.3) is 21.9 Å². The fourth-order valence-electron chi connectivity index (χ4n) is 2.42. The number of hydrogen-bond donors (Lipinski definition) is 2. The normalized spacial score (nSPS) is 11.2. The zero-order valence-electron chi connectivity index (χ0n) is 10.8. The van der Waals surface area contributed by atoms with E-state index in [9.17, 15) is 4.79 Å². The number of pyridine rings is 1. The number of rotatable bonds is 4. The van der Waals surface area contributed by atoms with Crippen molar-refractivity contribution >= 4 is 40.1 Å². The van der Waals surface area contributed by atoms with Crippen LogP contribution in [0.4, 0.5) is 0 Å². The van der Waals surface area contributed by atoms with Gasteiger partial charge in [0.2, 0.25) is 5.91 Å². The van der Waals surface area contributed by atoms with Gasteiger partial charge in [0.25, 0.3) is 0 Å². The Hall–Kier alpha value is -2.21. The Morgan fingerprint density at radius 2 is 2.20 bits per heavy atom. The van der Waals surface area contributed by atoms with E-state index >= 15 is 0 Å². The molecule has 5 nitrogen and oxygen atoms in total. The molecule has 0 spiro atoms. The van der Waals surface area contributed by atoms with Crippen molar-refractivity contribution in [2.45, 2.75) is 19.4 Å². The zero-order chi connectivity index (χ0) is 14.1. The molecule has 1 amide bonds. The Bertz CT molecular complexity index is 849. The van der Waals surface area contributed by atoms with E-state index in [0.29, 0.717) is 24.2 Å². The van der Waals surface area contributed by atoms with Gasteiger partial charge in [-0.05, 0) is 24.7 Å². The average Bonchev–Trinajstić information content (AvgIpc) is 2.75. The first-order valence-electron chi connectivity index (χ1n) is 6.41. The summed E-state index contributed by atoms with van der Waals surface area (Å²) in [7, 11) is 0. The number of H-pyrrole nitrogens is 1. The monoisotopic (exact) mass is 286 g/mol. The van der Waals surface area contributed by atoms with Gasteiger partial charge < -0.3 is 15.3 Å². The predicted molar refractivity (Wildman–Crippen MR) is 80.9 cm³/mol. The number of para-hydroxylation sites is 1. The summed E-state index contributed by atoms with van der Waals surface area (Å²) < 4.78 is 2.65. The number of nitrogens with zero attached hydrogens (tertiary/aromatic N) is 2. The Morgan fingerprint density at radius 1 is 1.40 bits per heavy atom. The van der Waals surface area contributed by atoms with Crippen molar-refractivity contribution in [1.82, 2.24) is 14.5 Å². The zero-order valence-corrected chi connectivity index (χ0v) is 11.6. The molecule has 0 fully saturated rings. The molecule has 0 aliphatic heterocycles. The van der Waals surface area contributed by atoms with Crippen molar-refractivity contribution in [2.75, 3.05) is 0 Å². The molecule has 0 saturated heterocycles. The minimum atomic E-state index is -0.289. The Morgan fingerprint density at radius 3 is 3.00 bits per heavy atom. The average molecular weight is 286 g/mol. The summed E-state index contributed by atoms with van der Waals surface area (Å²) in [4.78, 5) is 18.4. The number of imidazole rings is 1. The summed E-state index contributed by atoms with van der Waals surface area (Å²) >= 11 is 5.36. The van der Waals surface area contributed by atoms with Crippen LogP contribution in [-0.2, 0) is 11.3 Å². The lowest BCUT2D eigenvalue weighted by molar-refractivity contribution is -0.118. The molecule has 2 aromatic heterocycles. The van der Waals surface area contributed by atoms with Crippen LogP contribution >= 0.6 is 12.2 Å². The SMILES string of the molecule is NC(=O)CCCn1c(=S)[nH]c2cnc3ccccc3c21. The third-order valence-corrected chi connectivity index (χ3v) is 3.63. The lowest BCUT2D eigenvalue weighted by atomic mass is 10.2. The van der Waals surface area contributed by atoms with Crippen LogP contribution in [0, 0.1) is 4.77 Å². The number of aryl methyl sites for hydroxylation is 1. The van der Waals surface area contributed by atoms with Crippen molar-refractivity contribution in [1.29, 1.82) is 0 Å². The number of amides is 1. The first-order valence-corrected chi connectivity index (χ1v) is 6.82. The van der Waals surface area contributed by atoms with Gasteiger partial charge in [0, 0.05) is 18.4 Å². The van der Waals surface area contributed by atoms with Crippen LogP contribution in [-0.4, -0.2) is 20.4 Å². The smallest absolute Gasteiger partial charge is 0.217 e. The maximum absolute atomic E-state index is 10.9. The van der Waals surface area contributed by atoms with Crippen LogP contribution < -0.4 is 5.73 Å². The number of carbonyl (C=O) groups excluding carboxylic acids is 1. The number of aromatic nitrogens is 3. The quantitative estimate of drug-likeness (QED) is 0.723. The molecule has 0 bridgehead atoms. The second kappa shape index (κ2) is 5.05. The molecule has 0 unspecified atom stereocenters. The number of benzene rings is 1. The molecule has 0 aliphatic carbocycles. The fraction of sp³-hybridized carbons (Fsp3) is 0.214. The topological polar surface area (TPSA) is 76.7 Å². The van der Waals surface area contributed by atoms with Gasteiger partial charge >= 0.3 is 0 Å². The molecular formula is C14H14N4OS. The van der Waals surface area contributed by atoms with Gasteiger partial charge in [0.1, 0.15) is 0 Å². The second-order valence-corrected chi connectivity index (χ2v) is 5.08. The number of carbonyl (C=O) groups is 1. The predicted octanol–water partition coefficient (Wildman–Crippen LogP) is 2.51. The maximum atomic E-state index is 10.9. The minimum Gasteiger partial charge on any atom is -0.370 e. The highest BCUT2D eigenvalue weighted by molar-refractivity contribution is 7.71. The minimum absolute atomic E-state index is 0.289. The van der Waals surface area contributed by atoms with Gasteiger partial charge in [-0.3, -0.25) is 9.78 Å². The standard InChI is InChI=1S/C14H14N4OS/c15-12(19)6-3-7-18-13-9-4-1-2-5-10(9)16-8-11(13)17-14(18)20/h1-2,4-5,8H,3,6-7H2,(H2,15,19)(H,17,20). The van der Waals surface area contributed by atoms with Gasteiger partial charge in [-0.15, -0.1) is 0 Å². The van der Waals surface area contributed by atoms with E-state index in [2.05, 4.69) is 9.97 Å². The van der Waals surface area contributed by atoms with E-state index in [1.165, 1.54) is 0 Å². The number of hydrogen-bond acceptors (Lipinski definition) is 3. The van der Waals surface area contributed by atoms with Crippen LogP contribution in [0.3, 0.4) is 0 Å². The van der Waals surface area contributed by atoms with Gasteiger partial charge in [-0.1, -0.05) is 18.2 Å². The molecule has 20 heavy (non-hydrogen) atoms. The van der Waals surface area contributed by atoms with Crippen molar-refractivity contribution in [3.63, 3.8) is 0 Å². The van der Waals surface area contributed by atoms with E-state index in [4.69, 9.17) is 18.0 Å². The summed E-state index contributed by atoms with van der Waals surface area (Å²) in [5.41, 5.74) is 8.05. The molecule has 1 aromatic carbocycles. The first-order chi connectivity index (χ1) is 9.66. The van der Waals surface area contributed by atoms with Gasteiger partial charge in [0.15, 0.2) is 4.77 Å². The summed E-state index contributed by atoms with van der Waals surface area (Å²) in [5.74, 6) is -0.289. The molecule has 3 rings (SSSR count). The van der Waals surface area contributed by atoms with E-state index in [1.807, 2.05) is 28.8 Å². The third-order valence-electron chi connectivity index (χ3n) is 3.31. The summed E-state index contributed by atoms with van der Waals surface area (Å²) in [5, 5.41) is 1.05. The third kappa shape index (κ3) is 2.18. The number of fused-ring (bicyclic) bond motifs is 3. The number of nitrogens with two attached hydrogens (primary N) is 1. The van der Waals surface area contributed by atoms with Gasteiger partial charge in [-0.25, -0.2) is 0 Å². The van der Waals surface area contributed by atoms with Gasteiger partial charge in [0.05, 0.1) is 22.7 Å². The van der Waals surface area contributed by atoms with E-state index in [0.717, 1.165) is 21.9 Å². The second-order valence-electron chi connectivity index (χ2n) is 4.69. The van der Waals surface area contributed by atoms with E-state index in [1.54, 1.807) is 6.20 Å². The van der Waals surface area contributed by atoms with Crippen LogP contribution in [0.15, 0.2) is 30.5 Å². The highest BCUT2D eigenvalue weighted by atomic mass is 32.1. The van der Waals surface area contributed by atoms with Crippen molar-refractivity contribution in [2.24, 2.45) is 5.73 Å². The Kier molecular flexibility index (Phi) is 3.23. The molecule has 2 heterocycles. The number of aromatic amines is 1. The van der Waals surface area contributed by atoms with Crippen LogP contribution in [0.2, 0.25) is 0 Å². The molecule has 0 aliphatic rings. The van der Waals surface area contributed by atoms with Crippen LogP contribution in [0.5, 0.6) is 0 Å². The highest BCUT2D eigenvalue weighted by Gasteiger charge is 2.09. The molecule has 3 aromatic rings. The number of nitrogens with one attached hydrogen (secondary N) is 1. The fourth-order valence-corrected chi connectivity index (χ4v) is 2.71. The summed E-state index contributed by atoms with van der Waals surface area (Å²) in [6, 6.07) is 7.93. The largest absolute Gasteiger partial charge is 0.370 e. The Labute approximate surface area is 120 Å². The lowest BCUT2D eigenvalue weighted by Crippen LogP contribution is -2.11. The van der Waals surface area contributed by atoms with Crippen molar-refractivity contribution < 1.29 is 4.79 Å². The molecule has 0 radical (unpaired) electrons. The molecule has 102 valence electrons. The van der Waals surface area contributed by atoms with Gasteiger partial charge in [-0.2, -0.15) is 0 Å². The van der Waals surface area contributed by atoms with Crippen molar-refractivity contribution in [3.8, 4) is 0 Å². The maximum Gasteiger partial charge on any atom is 0.217 e. The number of primary amides is 1. The van der Waals surface area contributed by atoms with E-state index in [-0.39, 0.29) is 5.91 Å².